The largest absolute Gasteiger partial charge is 0.346 e. The number of nitrogens with zero attached hydrogens (tertiary/aromatic N) is 1. The molecule has 1 aromatic heterocycles. The van der Waals surface area contributed by atoms with E-state index in [0.717, 1.165) is 24.3 Å². The third-order valence-corrected chi connectivity index (χ3v) is 3.90. The number of aryl methyl sites for hydroxylation is 1. The monoisotopic (exact) mass is 244 g/mol. The molecule has 0 radical (unpaired) electrons. The van der Waals surface area contributed by atoms with Crippen molar-refractivity contribution in [3.05, 3.63) is 16.1 Å². The molecule has 0 saturated heterocycles. The lowest BCUT2D eigenvalue weighted by Crippen LogP contribution is -2.38. The standard InChI is InChI=1S/C10H13ClN2OS/c1-6-12-9(5-15-6)10(14)13-8-4-2-3-7(8)11/h5,7-8H,2-4H2,1H3,(H,13,14). The van der Waals surface area contributed by atoms with Crippen molar-refractivity contribution in [2.24, 2.45) is 0 Å². The van der Waals surface area contributed by atoms with Gasteiger partial charge >= 0.3 is 0 Å². The van der Waals surface area contributed by atoms with Crippen LogP contribution < -0.4 is 5.32 Å². The van der Waals surface area contributed by atoms with Crippen LogP contribution in [-0.4, -0.2) is 22.3 Å². The fraction of sp³-hybridized carbons (Fsp3) is 0.600. The third kappa shape index (κ3) is 2.49. The highest BCUT2D eigenvalue weighted by atomic mass is 35.5. The Bertz CT molecular complexity index is 366. The van der Waals surface area contributed by atoms with Gasteiger partial charge in [0.05, 0.1) is 10.4 Å². The van der Waals surface area contributed by atoms with Crippen molar-refractivity contribution in [2.75, 3.05) is 0 Å². The Balaban J connectivity index is 1.97. The van der Waals surface area contributed by atoms with E-state index in [1.807, 2.05) is 6.92 Å². The summed E-state index contributed by atoms with van der Waals surface area (Å²) in [6.45, 7) is 1.89. The van der Waals surface area contributed by atoms with Gasteiger partial charge in [0.15, 0.2) is 0 Å². The molecule has 3 nitrogen and oxygen atoms in total. The predicted molar refractivity (Wildman–Crippen MR) is 61.6 cm³/mol. The predicted octanol–water partition coefficient (Wildman–Crippen LogP) is 2.34. The summed E-state index contributed by atoms with van der Waals surface area (Å²) in [7, 11) is 0. The summed E-state index contributed by atoms with van der Waals surface area (Å²) in [6, 6.07) is 0.112. The first-order valence-corrected chi connectivity index (χ1v) is 6.35. The van der Waals surface area contributed by atoms with E-state index < -0.39 is 0 Å². The summed E-state index contributed by atoms with van der Waals surface area (Å²) in [5, 5.41) is 5.70. The molecule has 1 aliphatic carbocycles. The van der Waals surface area contributed by atoms with Crippen LogP contribution in [0.4, 0.5) is 0 Å². The van der Waals surface area contributed by atoms with Crippen molar-refractivity contribution in [1.29, 1.82) is 0 Å². The molecule has 1 N–H and O–H groups in total. The summed E-state index contributed by atoms with van der Waals surface area (Å²) in [6.07, 6.45) is 3.06. The lowest BCUT2D eigenvalue weighted by Gasteiger charge is -2.14. The molecular weight excluding hydrogens is 232 g/mol. The highest BCUT2D eigenvalue weighted by Crippen LogP contribution is 2.24. The zero-order chi connectivity index (χ0) is 10.8. The van der Waals surface area contributed by atoms with Gasteiger partial charge in [-0.3, -0.25) is 4.79 Å². The van der Waals surface area contributed by atoms with Crippen LogP contribution in [0.1, 0.15) is 34.8 Å². The fourth-order valence-electron chi connectivity index (χ4n) is 1.79. The van der Waals surface area contributed by atoms with Gasteiger partial charge in [0.2, 0.25) is 0 Å². The lowest BCUT2D eigenvalue weighted by atomic mass is 10.2. The smallest absolute Gasteiger partial charge is 0.271 e. The normalized spacial score (nSPS) is 25.5. The number of amides is 1. The van der Waals surface area contributed by atoms with Crippen LogP contribution in [0.3, 0.4) is 0 Å². The van der Waals surface area contributed by atoms with Gasteiger partial charge < -0.3 is 5.32 Å². The highest BCUT2D eigenvalue weighted by Gasteiger charge is 2.27. The minimum atomic E-state index is -0.100. The number of carbonyl (C=O) groups excluding carboxylic acids is 1. The molecule has 2 rings (SSSR count). The second-order valence-electron chi connectivity index (χ2n) is 3.78. The lowest BCUT2D eigenvalue weighted by molar-refractivity contribution is 0.0934. The summed E-state index contributed by atoms with van der Waals surface area (Å²) in [4.78, 5) is 15.9. The first-order valence-electron chi connectivity index (χ1n) is 5.04. The van der Waals surface area contributed by atoms with Gasteiger partial charge in [0, 0.05) is 11.4 Å². The zero-order valence-corrected chi connectivity index (χ0v) is 10.1. The van der Waals surface area contributed by atoms with Gasteiger partial charge in [-0.25, -0.2) is 4.98 Å². The van der Waals surface area contributed by atoms with Crippen LogP contribution in [0.25, 0.3) is 0 Å². The Morgan fingerprint density at radius 1 is 1.67 bits per heavy atom. The molecule has 5 heteroatoms. The van der Waals surface area contributed by atoms with Gasteiger partial charge in [-0.15, -0.1) is 22.9 Å². The molecule has 2 atom stereocenters. The molecule has 0 aromatic carbocycles. The highest BCUT2D eigenvalue weighted by molar-refractivity contribution is 7.09. The van der Waals surface area contributed by atoms with Crippen LogP contribution >= 0.6 is 22.9 Å². The Labute approximate surface area is 97.9 Å². The van der Waals surface area contributed by atoms with Crippen LogP contribution in [0.15, 0.2) is 5.38 Å². The van der Waals surface area contributed by atoms with E-state index in [-0.39, 0.29) is 17.3 Å². The average molecular weight is 245 g/mol. The fourth-order valence-corrected chi connectivity index (χ4v) is 2.72. The Morgan fingerprint density at radius 3 is 3.00 bits per heavy atom. The first kappa shape index (κ1) is 10.9. The summed E-state index contributed by atoms with van der Waals surface area (Å²) in [5.74, 6) is -0.100. The number of thiazole rings is 1. The molecule has 1 fully saturated rings. The van der Waals surface area contributed by atoms with Crippen LogP contribution in [0, 0.1) is 6.92 Å². The quantitative estimate of drug-likeness (QED) is 0.812. The minimum absolute atomic E-state index is 0.0775. The molecular formula is C10H13ClN2OS. The van der Waals surface area contributed by atoms with Gasteiger partial charge in [0.1, 0.15) is 5.69 Å². The number of rotatable bonds is 2. The molecule has 15 heavy (non-hydrogen) atoms. The van der Waals surface area contributed by atoms with E-state index in [2.05, 4.69) is 10.3 Å². The SMILES string of the molecule is Cc1nc(C(=O)NC2CCCC2Cl)cs1. The van der Waals surface area contributed by atoms with Crippen molar-refractivity contribution in [1.82, 2.24) is 10.3 Å². The number of alkyl halides is 1. The minimum Gasteiger partial charge on any atom is -0.346 e. The molecule has 0 aliphatic heterocycles. The maximum Gasteiger partial charge on any atom is 0.271 e. The number of nitrogens with one attached hydrogen (secondary N) is 1. The van der Waals surface area contributed by atoms with E-state index in [4.69, 9.17) is 11.6 Å². The summed E-state index contributed by atoms with van der Waals surface area (Å²) < 4.78 is 0. The van der Waals surface area contributed by atoms with Crippen molar-refractivity contribution in [3.63, 3.8) is 0 Å². The van der Waals surface area contributed by atoms with E-state index >= 15 is 0 Å². The third-order valence-electron chi connectivity index (χ3n) is 2.60. The Hall–Kier alpha value is -0.610. The van der Waals surface area contributed by atoms with Crippen molar-refractivity contribution < 1.29 is 4.79 Å². The summed E-state index contributed by atoms with van der Waals surface area (Å²) >= 11 is 7.57. The van der Waals surface area contributed by atoms with Crippen molar-refractivity contribution in [3.8, 4) is 0 Å². The number of carbonyl (C=O) groups is 1. The van der Waals surface area contributed by atoms with Crippen LogP contribution in [0.5, 0.6) is 0 Å². The summed E-state index contributed by atoms with van der Waals surface area (Å²) in [5.41, 5.74) is 0.508. The van der Waals surface area contributed by atoms with Crippen molar-refractivity contribution in [2.45, 2.75) is 37.6 Å². The molecule has 0 spiro atoms. The van der Waals surface area contributed by atoms with Gasteiger partial charge in [-0.1, -0.05) is 0 Å². The van der Waals surface area contributed by atoms with Gasteiger partial charge in [-0.2, -0.15) is 0 Å². The molecule has 2 unspecified atom stereocenters. The van der Waals surface area contributed by atoms with Crippen molar-refractivity contribution >= 4 is 28.8 Å². The zero-order valence-electron chi connectivity index (χ0n) is 8.50. The van der Waals surface area contributed by atoms with E-state index in [1.165, 1.54) is 11.3 Å². The number of halogens is 1. The molecule has 0 bridgehead atoms. The second-order valence-corrected chi connectivity index (χ2v) is 5.40. The second kappa shape index (κ2) is 4.49. The van der Waals surface area contributed by atoms with Gasteiger partial charge in [0.25, 0.3) is 5.91 Å². The molecule has 1 saturated carbocycles. The number of hydrogen-bond acceptors (Lipinski definition) is 3. The average Bonchev–Trinajstić information content (AvgIpc) is 2.77. The number of hydrogen-bond donors (Lipinski definition) is 1. The molecule has 82 valence electrons. The Kier molecular flexibility index (Phi) is 3.26. The Morgan fingerprint density at radius 2 is 2.47 bits per heavy atom. The van der Waals surface area contributed by atoms with E-state index in [9.17, 15) is 4.79 Å². The van der Waals surface area contributed by atoms with Gasteiger partial charge in [-0.05, 0) is 26.2 Å². The van der Waals surface area contributed by atoms with E-state index in [1.54, 1.807) is 5.38 Å². The molecule has 1 amide bonds. The van der Waals surface area contributed by atoms with Crippen LogP contribution in [0.2, 0.25) is 0 Å². The number of aromatic nitrogens is 1. The molecule has 1 aliphatic rings. The molecule has 1 aromatic rings. The molecule has 1 heterocycles. The first-order chi connectivity index (χ1) is 7.16. The maximum atomic E-state index is 11.7. The topological polar surface area (TPSA) is 42.0 Å². The van der Waals surface area contributed by atoms with E-state index in [0.29, 0.717) is 5.69 Å². The van der Waals surface area contributed by atoms with Crippen LogP contribution in [-0.2, 0) is 0 Å². The maximum absolute atomic E-state index is 11.7.